The van der Waals surface area contributed by atoms with Crippen LogP contribution in [0.15, 0.2) is 24.3 Å². The van der Waals surface area contributed by atoms with Gasteiger partial charge in [0.25, 0.3) is 0 Å². The lowest BCUT2D eigenvalue weighted by atomic mass is 9.78. The Bertz CT molecular complexity index is 354. The first-order valence-corrected chi connectivity index (χ1v) is 7.52. The van der Waals surface area contributed by atoms with Gasteiger partial charge in [-0.2, -0.15) is 0 Å². The quantitative estimate of drug-likeness (QED) is 0.839. The highest BCUT2D eigenvalue weighted by Gasteiger charge is 2.26. The first-order chi connectivity index (χ1) is 8.70. The average Bonchev–Trinajstić information content (AvgIpc) is 2.41. The predicted octanol–water partition coefficient (Wildman–Crippen LogP) is 4.16. The molecule has 3 atom stereocenters. The lowest BCUT2D eigenvalue weighted by Gasteiger charge is -2.34. The van der Waals surface area contributed by atoms with Crippen LogP contribution in [0, 0.1) is 11.8 Å². The molecule has 1 aromatic rings. The van der Waals surface area contributed by atoms with E-state index in [2.05, 4.69) is 50.4 Å². The van der Waals surface area contributed by atoms with Crippen molar-refractivity contribution in [3.8, 4) is 0 Å². The second-order valence-corrected chi connectivity index (χ2v) is 5.92. The van der Waals surface area contributed by atoms with E-state index < -0.39 is 0 Å². The number of nitrogens with one attached hydrogen (secondary N) is 1. The van der Waals surface area contributed by atoms with Gasteiger partial charge < -0.3 is 5.32 Å². The monoisotopic (exact) mass is 245 g/mol. The fraction of sp³-hybridized carbons (Fsp3) is 0.647. The number of benzene rings is 1. The van der Waals surface area contributed by atoms with E-state index in [0.29, 0.717) is 6.04 Å². The fourth-order valence-corrected chi connectivity index (χ4v) is 3.01. The summed E-state index contributed by atoms with van der Waals surface area (Å²) in [6.07, 6.45) is 5.27. The van der Waals surface area contributed by atoms with E-state index in [1.54, 1.807) is 0 Å². The van der Waals surface area contributed by atoms with Gasteiger partial charge in [-0.25, -0.2) is 0 Å². The summed E-state index contributed by atoms with van der Waals surface area (Å²) in [6, 6.07) is 9.75. The van der Waals surface area contributed by atoms with Crippen molar-refractivity contribution in [2.24, 2.45) is 11.8 Å². The van der Waals surface area contributed by atoms with E-state index in [-0.39, 0.29) is 0 Å². The Morgan fingerprint density at radius 3 is 2.39 bits per heavy atom. The highest BCUT2D eigenvalue weighted by atomic mass is 14.9. The van der Waals surface area contributed by atoms with Gasteiger partial charge in [-0.3, -0.25) is 0 Å². The molecule has 0 radical (unpaired) electrons. The van der Waals surface area contributed by atoms with Crippen molar-refractivity contribution in [3.63, 3.8) is 0 Å². The molecule has 0 saturated heterocycles. The van der Waals surface area contributed by atoms with Gasteiger partial charge in [0.05, 0.1) is 0 Å². The van der Waals surface area contributed by atoms with Gasteiger partial charge in [-0.1, -0.05) is 57.9 Å². The molecule has 0 spiro atoms. The highest BCUT2D eigenvalue weighted by Crippen LogP contribution is 2.29. The first kappa shape index (κ1) is 13.6. The zero-order valence-corrected chi connectivity index (χ0v) is 12.1. The summed E-state index contributed by atoms with van der Waals surface area (Å²) in [6.45, 7) is 8.03. The predicted molar refractivity (Wildman–Crippen MR) is 78.6 cm³/mol. The molecule has 18 heavy (non-hydrogen) atoms. The molecular formula is C17H27N. The molecule has 1 N–H and O–H groups in total. The van der Waals surface area contributed by atoms with Crippen LogP contribution in [0.3, 0.4) is 0 Å². The van der Waals surface area contributed by atoms with E-state index in [1.165, 1.54) is 30.4 Å². The fourth-order valence-electron chi connectivity index (χ4n) is 3.01. The summed E-state index contributed by atoms with van der Waals surface area (Å²) in [5, 5.41) is 3.76. The minimum absolute atomic E-state index is 0.708. The molecule has 100 valence electrons. The van der Waals surface area contributed by atoms with Crippen LogP contribution in [0.4, 0.5) is 0 Å². The van der Waals surface area contributed by atoms with Crippen LogP contribution in [0.5, 0.6) is 0 Å². The molecule has 2 rings (SSSR count). The average molecular weight is 245 g/mol. The smallest absolute Gasteiger partial charge is 0.0208 e. The van der Waals surface area contributed by atoms with Gasteiger partial charge in [-0.05, 0) is 35.8 Å². The second-order valence-electron chi connectivity index (χ2n) is 5.92. The van der Waals surface area contributed by atoms with Crippen LogP contribution in [0.25, 0.3) is 0 Å². The highest BCUT2D eigenvalue weighted by molar-refractivity contribution is 5.22. The molecule has 1 aliphatic carbocycles. The molecular weight excluding hydrogens is 218 g/mol. The molecule has 0 heterocycles. The first-order valence-electron chi connectivity index (χ1n) is 7.52. The molecule has 1 heteroatoms. The normalized spacial score (nSPS) is 28.3. The lowest BCUT2D eigenvalue weighted by molar-refractivity contribution is 0.206. The van der Waals surface area contributed by atoms with E-state index in [4.69, 9.17) is 0 Å². The molecule has 0 amide bonds. The van der Waals surface area contributed by atoms with Gasteiger partial charge in [0.2, 0.25) is 0 Å². The van der Waals surface area contributed by atoms with E-state index in [1.807, 2.05) is 0 Å². The third-order valence-electron chi connectivity index (χ3n) is 4.71. The third kappa shape index (κ3) is 3.35. The molecule has 0 bridgehead atoms. The van der Waals surface area contributed by atoms with Crippen LogP contribution in [-0.2, 0) is 13.0 Å². The zero-order valence-electron chi connectivity index (χ0n) is 12.1. The molecule has 0 aliphatic heterocycles. The van der Waals surface area contributed by atoms with Gasteiger partial charge in [0, 0.05) is 12.6 Å². The number of hydrogen-bond acceptors (Lipinski definition) is 1. The Labute approximate surface area is 112 Å². The Morgan fingerprint density at radius 1 is 1.06 bits per heavy atom. The summed E-state index contributed by atoms with van der Waals surface area (Å²) in [7, 11) is 0. The van der Waals surface area contributed by atoms with E-state index in [9.17, 15) is 0 Å². The van der Waals surface area contributed by atoms with Crippen LogP contribution in [0.2, 0.25) is 0 Å². The minimum Gasteiger partial charge on any atom is -0.310 e. The van der Waals surface area contributed by atoms with Crippen LogP contribution < -0.4 is 5.32 Å². The van der Waals surface area contributed by atoms with Crippen molar-refractivity contribution in [2.45, 2.75) is 59.0 Å². The maximum absolute atomic E-state index is 3.76. The van der Waals surface area contributed by atoms with Crippen molar-refractivity contribution >= 4 is 0 Å². The van der Waals surface area contributed by atoms with Crippen molar-refractivity contribution in [3.05, 3.63) is 35.4 Å². The van der Waals surface area contributed by atoms with Gasteiger partial charge in [0.15, 0.2) is 0 Å². The van der Waals surface area contributed by atoms with Crippen LogP contribution >= 0.6 is 0 Å². The Hall–Kier alpha value is -0.820. The number of rotatable bonds is 4. The largest absolute Gasteiger partial charge is 0.310 e. The molecule has 1 fully saturated rings. The molecule has 0 aromatic heterocycles. The van der Waals surface area contributed by atoms with E-state index in [0.717, 1.165) is 24.8 Å². The summed E-state index contributed by atoms with van der Waals surface area (Å²) in [5.41, 5.74) is 2.84. The molecule has 1 saturated carbocycles. The molecule has 1 nitrogen and oxygen atoms in total. The van der Waals surface area contributed by atoms with Crippen molar-refractivity contribution in [1.82, 2.24) is 5.32 Å². The van der Waals surface area contributed by atoms with Crippen LogP contribution in [-0.4, -0.2) is 6.04 Å². The summed E-state index contributed by atoms with van der Waals surface area (Å²) < 4.78 is 0. The van der Waals surface area contributed by atoms with E-state index >= 15 is 0 Å². The summed E-state index contributed by atoms with van der Waals surface area (Å²) in [4.78, 5) is 0. The van der Waals surface area contributed by atoms with Gasteiger partial charge >= 0.3 is 0 Å². The number of aryl methyl sites for hydroxylation is 1. The lowest BCUT2D eigenvalue weighted by Crippen LogP contribution is -2.40. The molecule has 1 aromatic carbocycles. The number of hydrogen-bond donors (Lipinski definition) is 1. The Morgan fingerprint density at radius 2 is 1.72 bits per heavy atom. The molecule has 1 aliphatic rings. The SMILES string of the molecule is CCc1ccc(CN[C@@H]2CCC[C@H](C)[C@@H]2C)cc1. The maximum Gasteiger partial charge on any atom is 0.0208 e. The Balaban J connectivity index is 1.86. The second kappa shape index (κ2) is 6.38. The topological polar surface area (TPSA) is 12.0 Å². The van der Waals surface area contributed by atoms with Gasteiger partial charge in [0.1, 0.15) is 0 Å². The molecule has 0 unspecified atom stereocenters. The summed E-state index contributed by atoms with van der Waals surface area (Å²) in [5.74, 6) is 1.69. The Kier molecular flexibility index (Phi) is 4.82. The summed E-state index contributed by atoms with van der Waals surface area (Å²) >= 11 is 0. The standard InChI is InChI=1S/C17H27N/c1-4-15-8-10-16(11-9-15)12-18-17-7-5-6-13(2)14(17)3/h8-11,13-14,17-18H,4-7,12H2,1-3H3/t13-,14-,17+/m0/s1. The van der Waals surface area contributed by atoms with Gasteiger partial charge in [-0.15, -0.1) is 0 Å². The zero-order chi connectivity index (χ0) is 13.0. The van der Waals surface area contributed by atoms with Crippen molar-refractivity contribution < 1.29 is 0 Å². The maximum atomic E-state index is 3.76. The van der Waals surface area contributed by atoms with Crippen molar-refractivity contribution in [2.75, 3.05) is 0 Å². The third-order valence-corrected chi connectivity index (χ3v) is 4.71. The minimum atomic E-state index is 0.708. The van der Waals surface area contributed by atoms with Crippen molar-refractivity contribution in [1.29, 1.82) is 0 Å². The van der Waals surface area contributed by atoms with Crippen LogP contribution in [0.1, 0.15) is 51.2 Å².